The van der Waals surface area contributed by atoms with E-state index in [1.807, 2.05) is 26.0 Å². The van der Waals surface area contributed by atoms with Gasteiger partial charge in [-0.2, -0.15) is 0 Å². The Morgan fingerprint density at radius 2 is 1.68 bits per heavy atom. The topological polar surface area (TPSA) is 96.0 Å². The molecule has 0 bridgehead atoms. The van der Waals surface area contributed by atoms with Crippen LogP contribution in [0.2, 0.25) is 0 Å². The molecule has 28 heavy (non-hydrogen) atoms. The zero-order chi connectivity index (χ0) is 20.1. The largest absolute Gasteiger partial charge is 0.326 e. The fraction of sp³-hybridized carbons (Fsp3) is 0.143. The summed E-state index contributed by atoms with van der Waals surface area (Å²) in [6, 6.07) is 14.4. The molecule has 0 aliphatic rings. The minimum Gasteiger partial charge on any atom is -0.326 e. The van der Waals surface area contributed by atoms with E-state index in [0.29, 0.717) is 17.3 Å². The lowest BCUT2D eigenvalue weighted by Crippen LogP contribution is -2.15. The Balaban J connectivity index is 1.74. The Hall–Kier alpha value is -3.74. The number of aromatic nitrogens is 2. The molecule has 0 atom stereocenters. The summed E-state index contributed by atoms with van der Waals surface area (Å²) in [6.45, 7) is 5.45. The zero-order valence-corrected chi connectivity index (χ0v) is 15.9. The number of rotatable bonds is 5. The Labute approximate surface area is 163 Å². The van der Waals surface area contributed by atoms with Gasteiger partial charge in [-0.3, -0.25) is 9.59 Å². The third-order valence-corrected chi connectivity index (χ3v) is 3.96. The summed E-state index contributed by atoms with van der Waals surface area (Å²) in [5, 5.41) is 8.59. The van der Waals surface area contributed by atoms with Gasteiger partial charge < -0.3 is 16.0 Å². The summed E-state index contributed by atoms with van der Waals surface area (Å²) < 4.78 is 0. The predicted octanol–water partition coefficient (Wildman–Crippen LogP) is 4.05. The van der Waals surface area contributed by atoms with Gasteiger partial charge in [0.05, 0.1) is 0 Å². The van der Waals surface area contributed by atoms with Crippen LogP contribution >= 0.6 is 0 Å². The van der Waals surface area contributed by atoms with Crippen molar-refractivity contribution in [2.24, 2.45) is 0 Å². The van der Waals surface area contributed by atoms with E-state index in [9.17, 15) is 9.59 Å². The van der Waals surface area contributed by atoms with Gasteiger partial charge in [-0.15, -0.1) is 0 Å². The molecule has 1 aromatic heterocycles. The molecule has 7 heteroatoms. The first-order valence-electron chi connectivity index (χ1n) is 8.77. The highest BCUT2D eigenvalue weighted by Gasteiger charge is 2.10. The first-order valence-corrected chi connectivity index (χ1v) is 8.77. The molecule has 0 aliphatic heterocycles. The fourth-order valence-electron chi connectivity index (χ4n) is 2.69. The summed E-state index contributed by atoms with van der Waals surface area (Å²) in [5.74, 6) is -0.209. The Bertz CT molecular complexity index is 1030. The number of aryl methyl sites for hydroxylation is 2. The Kier molecular flexibility index (Phi) is 5.64. The average Bonchev–Trinajstić information content (AvgIpc) is 2.64. The number of anilines is 4. The Morgan fingerprint density at radius 3 is 2.39 bits per heavy atom. The molecule has 0 radical (unpaired) electrons. The molecule has 142 valence electrons. The lowest BCUT2D eigenvalue weighted by molar-refractivity contribution is -0.114. The van der Waals surface area contributed by atoms with Gasteiger partial charge in [0, 0.05) is 30.2 Å². The van der Waals surface area contributed by atoms with Crippen molar-refractivity contribution in [1.29, 1.82) is 0 Å². The van der Waals surface area contributed by atoms with Gasteiger partial charge in [-0.25, -0.2) is 9.97 Å². The number of carbonyl (C=O) groups excluding carboxylic acids is 2. The van der Waals surface area contributed by atoms with Crippen LogP contribution in [-0.2, 0) is 4.79 Å². The van der Waals surface area contributed by atoms with Gasteiger partial charge in [0.15, 0.2) is 0 Å². The second-order valence-electron chi connectivity index (χ2n) is 6.42. The van der Waals surface area contributed by atoms with Gasteiger partial charge in [0.25, 0.3) is 5.91 Å². The molecule has 0 aliphatic carbocycles. The first-order chi connectivity index (χ1) is 13.4. The lowest BCUT2D eigenvalue weighted by atomic mass is 10.1. The van der Waals surface area contributed by atoms with Crippen LogP contribution in [-0.4, -0.2) is 21.8 Å². The van der Waals surface area contributed by atoms with Gasteiger partial charge >= 0.3 is 0 Å². The quantitative estimate of drug-likeness (QED) is 0.625. The summed E-state index contributed by atoms with van der Waals surface area (Å²) in [4.78, 5) is 32.2. The molecule has 1 heterocycles. The molecular weight excluding hydrogens is 354 g/mol. The highest BCUT2D eigenvalue weighted by atomic mass is 16.2. The van der Waals surface area contributed by atoms with Crippen LogP contribution in [0.15, 0.2) is 54.7 Å². The second-order valence-corrected chi connectivity index (χ2v) is 6.42. The van der Waals surface area contributed by atoms with E-state index in [0.717, 1.165) is 11.3 Å². The molecule has 0 fully saturated rings. The van der Waals surface area contributed by atoms with E-state index in [2.05, 4.69) is 32.0 Å². The van der Waals surface area contributed by atoms with Gasteiger partial charge in [0.2, 0.25) is 11.9 Å². The maximum absolute atomic E-state index is 12.5. The molecule has 3 rings (SSSR count). The highest BCUT2D eigenvalue weighted by Crippen LogP contribution is 2.20. The molecular formula is C21H21N5O2. The van der Waals surface area contributed by atoms with Crippen LogP contribution in [0.25, 0.3) is 0 Å². The van der Waals surface area contributed by atoms with E-state index >= 15 is 0 Å². The monoisotopic (exact) mass is 375 g/mol. The molecule has 0 spiro atoms. The molecule has 7 nitrogen and oxygen atoms in total. The van der Waals surface area contributed by atoms with Crippen LogP contribution in [0.4, 0.5) is 23.0 Å². The van der Waals surface area contributed by atoms with Crippen molar-refractivity contribution >= 4 is 34.8 Å². The normalized spacial score (nSPS) is 10.2. The fourth-order valence-corrected chi connectivity index (χ4v) is 2.69. The first kappa shape index (κ1) is 19.0. The molecule has 3 aromatic rings. The minimum absolute atomic E-state index is 0.179. The average molecular weight is 375 g/mol. The maximum atomic E-state index is 12.5. The van der Waals surface area contributed by atoms with Crippen molar-refractivity contribution in [3.63, 3.8) is 0 Å². The number of carbonyl (C=O) groups is 2. The second kappa shape index (κ2) is 8.30. The van der Waals surface area contributed by atoms with E-state index in [4.69, 9.17) is 0 Å². The number of nitrogens with one attached hydrogen (secondary N) is 3. The number of nitrogens with zero attached hydrogens (tertiary/aromatic N) is 2. The molecule has 0 saturated heterocycles. The predicted molar refractivity (Wildman–Crippen MR) is 110 cm³/mol. The molecule has 3 N–H and O–H groups in total. The standard InChI is InChI=1S/C21H21N5O2/c1-13-7-8-18(14(2)11-13)25-21-22-10-9-19(26-21)20(28)24-17-6-4-5-16(12-17)23-15(3)27/h4-12H,1-3H3,(H,23,27)(H,24,28)(H,22,25,26). The SMILES string of the molecule is CC(=O)Nc1cccc(NC(=O)c2ccnc(Nc3ccc(C)cc3C)n2)c1. The van der Waals surface area contributed by atoms with Gasteiger partial charge in [-0.1, -0.05) is 23.8 Å². The molecule has 2 amide bonds. The third-order valence-electron chi connectivity index (χ3n) is 3.96. The van der Waals surface area contributed by atoms with Crippen LogP contribution < -0.4 is 16.0 Å². The van der Waals surface area contributed by atoms with Gasteiger partial charge in [-0.05, 0) is 49.7 Å². The van der Waals surface area contributed by atoms with Crippen molar-refractivity contribution < 1.29 is 9.59 Å². The number of hydrogen-bond donors (Lipinski definition) is 3. The summed E-state index contributed by atoms with van der Waals surface area (Å²) >= 11 is 0. The van der Waals surface area contributed by atoms with E-state index in [1.54, 1.807) is 30.3 Å². The van der Waals surface area contributed by atoms with Crippen LogP contribution in [0.3, 0.4) is 0 Å². The summed E-state index contributed by atoms with van der Waals surface area (Å²) in [5.41, 5.74) is 4.49. The number of amides is 2. The van der Waals surface area contributed by atoms with E-state index in [-0.39, 0.29) is 17.5 Å². The van der Waals surface area contributed by atoms with E-state index < -0.39 is 0 Å². The third kappa shape index (κ3) is 4.91. The minimum atomic E-state index is -0.369. The van der Waals surface area contributed by atoms with Crippen molar-refractivity contribution in [3.8, 4) is 0 Å². The van der Waals surface area contributed by atoms with E-state index in [1.165, 1.54) is 18.7 Å². The lowest BCUT2D eigenvalue weighted by Gasteiger charge is -2.10. The maximum Gasteiger partial charge on any atom is 0.274 e. The molecule has 0 unspecified atom stereocenters. The Morgan fingerprint density at radius 1 is 0.929 bits per heavy atom. The summed E-state index contributed by atoms with van der Waals surface area (Å²) in [6.07, 6.45) is 1.53. The van der Waals surface area contributed by atoms with Crippen molar-refractivity contribution in [2.75, 3.05) is 16.0 Å². The van der Waals surface area contributed by atoms with Gasteiger partial charge in [0.1, 0.15) is 5.69 Å². The highest BCUT2D eigenvalue weighted by molar-refractivity contribution is 6.03. The zero-order valence-electron chi connectivity index (χ0n) is 15.9. The van der Waals surface area contributed by atoms with Crippen molar-refractivity contribution in [1.82, 2.24) is 9.97 Å². The van der Waals surface area contributed by atoms with Crippen LogP contribution in [0, 0.1) is 13.8 Å². The smallest absolute Gasteiger partial charge is 0.274 e. The van der Waals surface area contributed by atoms with Crippen molar-refractivity contribution in [3.05, 3.63) is 71.5 Å². The summed E-state index contributed by atoms with van der Waals surface area (Å²) in [7, 11) is 0. The number of benzene rings is 2. The number of hydrogen-bond acceptors (Lipinski definition) is 5. The molecule has 2 aromatic carbocycles. The van der Waals surface area contributed by atoms with Crippen molar-refractivity contribution in [2.45, 2.75) is 20.8 Å². The molecule has 0 saturated carbocycles. The van der Waals surface area contributed by atoms with Crippen LogP contribution in [0.5, 0.6) is 0 Å². The van der Waals surface area contributed by atoms with Crippen LogP contribution in [0.1, 0.15) is 28.5 Å².